The van der Waals surface area contributed by atoms with Crippen molar-refractivity contribution in [1.29, 1.82) is 0 Å². The molecule has 10 heteroatoms. The second-order valence-electron chi connectivity index (χ2n) is 5.53. The molecule has 0 aromatic heterocycles. The normalized spacial score (nSPS) is 14.7. The summed E-state index contributed by atoms with van der Waals surface area (Å²) in [7, 11) is 2.29. The van der Waals surface area contributed by atoms with Crippen LogP contribution in [-0.2, 0) is 29.1 Å². The minimum atomic E-state index is -1.13. The van der Waals surface area contributed by atoms with Crippen LogP contribution >= 0.6 is 0 Å². The molecule has 144 valence electrons. The molecule has 1 heterocycles. The highest BCUT2D eigenvalue weighted by molar-refractivity contribution is 5.99. The van der Waals surface area contributed by atoms with E-state index in [0.717, 1.165) is 14.2 Å². The van der Waals surface area contributed by atoms with Crippen molar-refractivity contribution >= 4 is 17.6 Å². The first kappa shape index (κ1) is 20.1. The molecule has 1 aromatic rings. The predicted octanol–water partition coefficient (Wildman–Crippen LogP) is 2.04. The number of dihydropyridines is 1. The Balaban J connectivity index is 2.75. The Hall–Kier alpha value is -3.24. The summed E-state index contributed by atoms with van der Waals surface area (Å²) in [5.74, 6) is -2.93. The molecule has 0 atom stereocenters. The number of hydrogen-bond acceptors (Lipinski definition) is 9. The lowest BCUT2D eigenvalue weighted by Crippen LogP contribution is -2.32. The van der Waals surface area contributed by atoms with Gasteiger partial charge in [0.2, 0.25) is 0 Å². The van der Waals surface area contributed by atoms with Gasteiger partial charge in [-0.1, -0.05) is 18.2 Å². The van der Waals surface area contributed by atoms with Gasteiger partial charge in [-0.3, -0.25) is 19.9 Å². The molecule has 1 aliphatic rings. The zero-order valence-corrected chi connectivity index (χ0v) is 15.1. The molecule has 0 bridgehead atoms. The molecule has 0 amide bonds. The zero-order valence-electron chi connectivity index (χ0n) is 15.1. The first-order valence-electron chi connectivity index (χ1n) is 7.75. The number of para-hydroxylation sites is 1. The third-order valence-corrected chi connectivity index (χ3v) is 3.96. The van der Waals surface area contributed by atoms with Crippen LogP contribution in [0.5, 0.6) is 0 Å². The first-order chi connectivity index (χ1) is 12.8. The van der Waals surface area contributed by atoms with E-state index in [1.54, 1.807) is 19.9 Å². The number of carbonyl (C=O) groups excluding carboxylic acids is 2. The fraction of sp³-hybridized carbons (Fsp3) is 0.294. The minimum Gasteiger partial charge on any atom is -0.362 e. The Morgan fingerprint density at radius 3 is 1.93 bits per heavy atom. The quantitative estimate of drug-likeness (QED) is 0.449. The maximum absolute atomic E-state index is 12.5. The van der Waals surface area contributed by atoms with Crippen molar-refractivity contribution in [3.63, 3.8) is 0 Å². The van der Waals surface area contributed by atoms with E-state index >= 15 is 0 Å². The largest absolute Gasteiger partial charge is 0.371 e. The van der Waals surface area contributed by atoms with Crippen molar-refractivity contribution in [3.8, 4) is 0 Å². The number of rotatable bonds is 6. The predicted molar refractivity (Wildman–Crippen MR) is 90.6 cm³/mol. The van der Waals surface area contributed by atoms with Crippen LogP contribution in [0, 0.1) is 10.1 Å². The molecule has 0 aliphatic carbocycles. The van der Waals surface area contributed by atoms with Crippen LogP contribution in [0.25, 0.3) is 0 Å². The van der Waals surface area contributed by atoms with Crippen LogP contribution in [-0.4, -0.2) is 31.1 Å². The van der Waals surface area contributed by atoms with Gasteiger partial charge >= 0.3 is 11.9 Å². The highest BCUT2D eigenvalue weighted by Gasteiger charge is 2.41. The molecular weight excluding hydrogens is 360 g/mol. The van der Waals surface area contributed by atoms with Crippen molar-refractivity contribution in [2.45, 2.75) is 19.8 Å². The minimum absolute atomic E-state index is 0.0280. The lowest BCUT2D eigenvalue weighted by atomic mass is 9.80. The van der Waals surface area contributed by atoms with Crippen molar-refractivity contribution < 1.29 is 34.1 Å². The van der Waals surface area contributed by atoms with Gasteiger partial charge < -0.3 is 5.32 Å². The Bertz CT molecular complexity index is 803. The molecule has 0 saturated carbocycles. The number of carbonyl (C=O) groups is 2. The number of nitrogens with one attached hydrogen (secondary N) is 1. The molecule has 1 aromatic carbocycles. The molecule has 0 radical (unpaired) electrons. The Labute approximate surface area is 154 Å². The molecule has 10 nitrogen and oxygen atoms in total. The summed E-state index contributed by atoms with van der Waals surface area (Å²) in [5, 5.41) is 14.4. The van der Waals surface area contributed by atoms with Crippen LogP contribution in [0.1, 0.15) is 25.3 Å². The number of nitrogens with zero attached hydrogens (tertiary/aromatic N) is 1. The van der Waals surface area contributed by atoms with Crippen LogP contribution in [0.2, 0.25) is 0 Å². The molecule has 0 spiro atoms. The van der Waals surface area contributed by atoms with Gasteiger partial charge in [0.25, 0.3) is 5.69 Å². The Morgan fingerprint density at radius 1 is 1.00 bits per heavy atom. The molecule has 0 unspecified atom stereocenters. The van der Waals surface area contributed by atoms with Gasteiger partial charge in [0.1, 0.15) is 0 Å². The average Bonchev–Trinajstić information content (AvgIpc) is 2.61. The standard InChI is InChI=1S/C17H18N2O8/c1-9-13(16(20)26-24-3)15(11-7-5-6-8-12(11)19(22)23)14(10(2)18-9)17(21)27-25-4/h5-8,15,18H,1-4H3. The second-order valence-corrected chi connectivity index (χ2v) is 5.53. The lowest BCUT2D eigenvalue weighted by molar-refractivity contribution is -0.385. The summed E-state index contributed by atoms with van der Waals surface area (Å²) >= 11 is 0. The molecule has 0 saturated heterocycles. The van der Waals surface area contributed by atoms with Gasteiger partial charge in [0.15, 0.2) is 0 Å². The first-order valence-corrected chi connectivity index (χ1v) is 7.75. The van der Waals surface area contributed by atoms with E-state index in [4.69, 9.17) is 0 Å². The van der Waals surface area contributed by atoms with Gasteiger partial charge in [-0.2, -0.15) is 9.78 Å². The highest BCUT2D eigenvalue weighted by atomic mass is 17.2. The molecular formula is C17H18N2O8. The zero-order chi connectivity index (χ0) is 20.1. The van der Waals surface area contributed by atoms with Gasteiger partial charge in [-0.05, 0) is 13.8 Å². The SMILES string of the molecule is COOC(=O)C1=C(C)NC(C)=C(C(=O)OOC)C1c1ccccc1[N+](=O)[O-]. The summed E-state index contributed by atoms with van der Waals surface area (Å²) in [6, 6.07) is 5.78. The third-order valence-electron chi connectivity index (χ3n) is 3.96. The van der Waals surface area contributed by atoms with Crippen LogP contribution in [0.3, 0.4) is 0 Å². The van der Waals surface area contributed by atoms with Gasteiger partial charge in [0.05, 0.1) is 36.2 Å². The van der Waals surface area contributed by atoms with E-state index in [1.807, 2.05) is 0 Å². The van der Waals surface area contributed by atoms with E-state index in [-0.39, 0.29) is 22.4 Å². The number of allylic oxidation sites excluding steroid dienone is 2. The summed E-state index contributed by atoms with van der Waals surface area (Å²) in [6.45, 7) is 3.16. The summed E-state index contributed by atoms with van der Waals surface area (Å²) in [5.41, 5.74) is 0.502. The summed E-state index contributed by atoms with van der Waals surface area (Å²) in [4.78, 5) is 54.0. The van der Waals surface area contributed by atoms with Gasteiger partial charge in [-0.25, -0.2) is 9.59 Å². The van der Waals surface area contributed by atoms with E-state index in [1.165, 1.54) is 18.2 Å². The van der Waals surface area contributed by atoms with E-state index < -0.39 is 22.8 Å². The monoisotopic (exact) mass is 378 g/mol. The second kappa shape index (κ2) is 8.43. The topological polar surface area (TPSA) is 126 Å². The maximum Gasteiger partial charge on any atom is 0.371 e. The van der Waals surface area contributed by atoms with Crippen LogP contribution in [0.15, 0.2) is 46.8 Å². The van der Waals surface area contributed by atoms with Crippen LogP contribution < -0.4 is 5.32 Å². The van der Waals surface area contributed by atoms with Gasteiger partial charge in [0, 0.05) is 23.0 Å². The van der Waals surface area contributed by atoms with E-state index in [2.05, 4.69) is 24.9 Å². The van der Waals surface area contributed by atoms with Crippen LogP contribution in [0.4, 0.5) is 5.69 Å². The summed E-state index contributed by atoms with van der Waals surface area (Å²) in [6.07, 6.45) is 0. The van der Waals surface area contributed by atoms with Crippen molar-refractivity contribution in [1.82, 2.24) is 5.32 Å². The fourth-order valence-corrected chi connectivity index (χ4v) is 2.99. The number of benzene rings is 1. The smallest absolute Gasteiger partial charge is 0.362 e. The molecule has 1 N–H and O–H groups in total. The molecule has 27 heavy (non-hydrogen) atoms. The van der Waals surface area contributed by atoms with Gasteiger partial charge in [-0.15, -0.1) is 0 Å². The lowest BCUT2D eigenvalue weighted by Gasteiger charge is -2.29. The molecule has 2 rings (SSSR count). The van der Waals surface area contributed by atoms with Crippen molar-refractivity contribution in [3.05, 3.63) is 62.5 Å². The van der Waals surface area contributed by atoms with E-state index in [0.29, 0.717) is 11.4 Å². The number of nitro groups is 1. The van der Waals surface area contributed by atoms with Crippen molar-refractivity contribution in [2.75, 3.05) is 14.2 Å². The molecule has 0 fully saturated rings. The fourth-order valence-electron chi connectivity index (χ4n) is 2.99. The Morgan fingerprint density at radius 2 is 1.48 bits per heavy atom. The highest BCUT2D eigenvalue weighted by Crippen LogP contribution is 2.42. The average molecular weight is 378 g/mol. The number of hydrogen-bond donors (Lipinski definition) is 1. The van der Waals surface area contributed by atoms with Crippen molar-refractivity contribution in [2.24, 2.45) is 0 Å². The Kier molecular flexibility index (Phi) is 6.27. The molecule has 1 aliphatic heterocycles. The summed E-state index contributed by atoms with van der Waals surface area (Å²) < 4.78 is 0. The number of nitro benzene ring substituents is 1. The third kappa shape index (κ3) is 3.96. The van der Waals surface area contributed by atoms with E-state index in [9.17, 15) is 19.7 Å². The maximum atomic E-state index is 12.5.